The molecule has 2 aromatic heterocycles. The van der Waals surface area contributed by atoms with Crippen LogP contribution < -0.4 is 4.74 Å². The molecular formula is C32H38N4O3. The molecule has 0 saturated carbocycles. The summed E-state index contributed by atoms with van der Waals surface area (Å²) in [5, 5.41) is 27.5. The lowest BCUT2D eigenvalue weighted by Gasteiger charge is -2.26. The van der Waals surface area contributed by atoms with Crippen molar-refractivity contribution in [2.45, 2.75) is 46.0 Å². The van der Waals surface area contributed by atoms with E-state index in [9.17, 15) is 10.2 Å². The molecule has 39 heavy (non-hydrogen) atoms. The summed E-state index contributed by atoms with van der Waals surface area (Å²) in [6, 6.07) is 26.9. The Kier molecular flexibility index (Phi) is 8.61. The number of rotatable bonds is 13. The SMILES string of the molecule is Cc1cc(C)n(CCOc2ccc(CN(CCCO)C[C@H](O)Cn3c4ccccc4c4ccccc43)cc2)n1. The highest BCUT2D eigenvalue weighted by atomic mass is 16.5. The quantitative estimate of drug-likeness (QED) is 0.228. The van der Waals surface area contributed by atoms with Crippen LogP contribution in [0.25, 0.3) is 21.8 Å². The average molecular weight is 527 g/mol. The van der Waals surface area contributed by atoms with Crippen LogP contribution in [0, 0.1) is 13.8 Å². The van der Waals surface area contributed by atoms with Crippen LogP contribution >= 0.6 is 0 Å². The number of aryl methyl sites for hydroxylation is 2. The fourth-order valence-electron chi connectivity index (χ4n) is 5.40. The molecule has 0 spiro atoms. The topological polar surface area (TPSA) is 75.7 Å². The van der Waals surface area contributed by atoms with Gasteiger partial charge in [-0.15, -0.1) is 0 Å². The second-order valence-electron chi connectivity index (χ2n) is 10.3. The van der Waals surface area contributed by atoms with Crippen LogP contribution in [0.15, 0.2) is 78.9 Å². The zero-order valence-corrected chi connectivity index (χ0v) is 22.8. The minimum Gasteiger partial charge on any atom is -0.492 e. The Labute approximate surface area is 229 Å². The Bertz CT molecular complexity index is 1450. The van der Waals surface area contributed by atoms with Crippen LogP contribution in [0.5, 0.6) is 5.75 Å². The van der Waals surface area contributed by atoms with E-state index in [-0.39, 0.29) is 6.61 Å². The van der Waals surface area contributed by atoms with Crippen molar-refractivity contribution in [2.24, 2.45) is 0 Å². The van der Waals surface area contributed by atoms with Crippen LogP contribution in [0.4, 0.5) is 0 Å². The van der Waals surface area contributed by atoms with E-state index in [4.69, 9.17) is 4.74 Å². The summed E-state index contributed by atoms with van der Waals surface area (Å²) >= 11 is 0. The maximum atomic E-state index is 11.2. The Morgan fingerprint density at radius 2 is 1.59 bits per heavy atom. The normalized spacial score (nSPS) is 12.5. The Balaban J connectivity index is 1.21. The Morgan fingerprint density at radius 1 is 0.923 bits per heavy atom. The molecule has 0 bridgehead atoms. The summed E-state index contributed by atoms with van der Waals surface area (Å²) in [5.74, 6) is 0.827. The van der Waals surface area contributed by atoms with Gasteiger partial charge in [0.15, 0.2) is 0 Å². The van der Waals surface area contributed by atoms with Crippen molar-refractivity contribution in [3.63, 3.8) is 0 Å². The van der Waals surface area contributed by atoms with Crippen molar-refractivity contribution in [2.75, 3.05) is 26.3 Å². The van der Waals surface area contributed by atoms with Crippen molar-refractivity contribution in [3.8, 4) is 5.75 Å². The number of nitrogens with zero attached hydrogens (tertiary/aromatic N) is 4. The molecule has 7 heteroatoms. The van der Waals surface area contributed by atoms with Gasteiger partial charge in [-0.1, -0.05) is 48.5 Å². The molecule has 0 unspecified atom stereocenters. The van der Waals surface area contributed by atoms with Gasteiger partial charge in [-0.3, -0.25) is 9.58 Å². The molecule has 204 valence electrons. The number of hydrogen-bond acceptors (Lipinski definition) is 5. The summed E-state index contributed by atoms with van der Waals surface area (Å²) in [7, 11) is 0. The molecule has 5 aromatic rings. The number of ether oxygens (including phenoxy) is 1. The van der Waals surface area contributed by atoms with E-state index in [1.54, 1.807) is 0 Å². The second kappa shape index (κ2) is 12.5. The second-order valence-corrected chi connectivity index (χ2v) is 10.3. The zero-order chi connectivity index (χ0) is 27.2. The van der Waals surface area contributed by atoms with Gasteiger partial charge in [-0.25, -0.2) is 0 Å². The van der Waals surface area contributed by atoms with Gasteiger partial charge < -0.3 is 19.5 Å². The summed E-state index contributed by atoms with van der Waals surface area (Å²) < 4.78 is 10.1. The molecule has 2 heterocycles. The molecule has 3 aromatic carbocycles. The third-order valence-corrected chi connectivity index (χ3v) is 7.18. The smallest absolute Gasteiger partial charge is 0.119 e. The highest BCUT2D eigenvalue weighted by Crippen LogP contribution is 2.29. The third-order valence-electron chi connectivity index (χ3n) is 7.18. The van der Waals surface area contributed by atoms with Crippen molar-refractivity contribution < 1.29 is 14.9 Å². The lowest BCUT2D eigenvalue weighted by Crippen LogP contribution is -2.35. The number of fused-ring (bicyclic) bond motifs is 3. The van der Waals surface area contributed by atoms with Crippen molar-refractivity contribution in [1.29, 1.82) is 0 Å². The Hall–Kier alpha value is -3.65. The summed E-state index contributed by atoms with van der Waals surface area (Å²) in [4.78, 5) is 2.22. The largest absolute Gasteiger partial charge is 0.492 e. The molecule has 0 saturated heterocycles. The molecule has 7 nitrogen and oxygen atoms in total. The van der Waals surface area contributed by atoms with Gasteiger partial charge >= 0.3 is 0 Å². The van der Waals surface area contributed by atoms with Crippen molar-refractivity contribution >= 4 is 21.8 Å². The van der Waals surface area contributed by atoms with E-state index in [1.807, 2.05) is 35.9 Å². The molecule has 0 aliphatic rings. The molecule has 0 fully saturated rings. The first-order chi connectivity index (χ1) is 19.0. The van der Waals surface area contributed by atoms with Crippen LogP contribution in [0.2, 0.25) is 0 Å². The number of hydrogen-bond donors (Lipinski definition) is 2. The van der Waals surface area contributed by atoms with Gasteiger partial charge in [0.05, 0.1) is 24.9 Å². The van der Waals surface area contributed by atoms with Crippen LogP contribution in [-0.2, 0) is 19.6 Å². The van der Waals surface area contributed by atoms with E-state index in [0.717, 1.165) is 33.7 Å². The molecule has 5 rings (SSSR count). The van der Waals surface area contributed by atoms with Gasteiger partial charge in [-0.2, -0.15) is 5.10 Å². The van der Waals surface area contributed by atoms with E-state index in [2.05, 4.69) is 76.1 Å². The molecule has 2 N–H and O–H groups in total. The van der Waals surface area contributed by atoms with Crippen molar-refractivity contribution in [3.05, 3.63) is 95.8 Å². The summed E-state index contributed by atoms with van der Waals surface area (Å²) in [6.45, 7) is 7.86. The fourth-order valence-corrected chi connectivity index (χ4v) is 5.40. The summed E-state index contributed by atoms with van der Waals surface area (Å²) in [5.41, 5.74) is 5.56. The van der Waals surface area contributed by atoms with Crippen LogP contribution in [0.1, 0.15) is 23.4 Å². The molecule has 0 aliphatic carbocycles. The molecule has 1 atom stereocenters. The van der Waals surface area contributed by atoms with Crippen molar-refractivity contribution in [1.82, 2.24) is 19.2 Å². The van der Waals surface area contributed by atoms with Gasteiger partial charge in [-0.05, 0) is 56.2 Å². The van der Waals surface area contributed by atoms with E-state index in [1.165, 1.54) is 10.8 Å². The van der Waals surface area contributed by atoms with E-state index < -0.39 is 6.10 Å². The maximum absolute atomic E-state index is 11.2. The van der Waals surface area contributed by atoms with E-state index in [0.29, 0.717) is 45.8 Å². The average Bonchev–Trinajstić information content (AvgIpc) is 3.43. The lowest BCUT2D eigenvalue weighted by atomic mass is 10.2. The number of aromatic nitrogens is 3. The minimum absolute atomic E-state index is 0.126. The predicted octanol–water partition coefficient (Wildman–Crippen LogP) is 4.93. The highest BCUT2D eigenvalue weighted by molar-refractivity contribution is 6.07. The Morgan fingerprint density at radius 3 is 2.21 bits per heavy atom. The van der Waals surface area contributed by atoms with Crippen LogP contribution in [-0.4, -0.2) is 61.9 Å². The zero-order valence-electron chi connectivity index (χ0n) is 22.8. The monoisotopic (exact) mass is 526 g/mol. The number of aliphatic hydroxyl groups excluding tert-OH is 2. The minimum atomic E-state index is -0.556. The first kappa shape index (κ1) is 26.9. The predicted molar refractivity (Wildman–Crippen MR) is 156 cm³/mol. The fraction of sp³-hybridized carbons (Fsp3) is 0.344. The first-order valence-electron chi connectivity index (χ1n) is 13.7. The standard InChI is InChI=1S/C32H38N4O3/c1-24-20-25(2)36(33-24)17-19-39-28-14-12-26(13-15-28)21-34(16-7-18-37)22-27(38)23-35-31-10-5-3-8-29(31)30-9-4-6-11-32(30)35/h3-6,8-15,20,27,37-38H,7,16-19,21-23H2,1-2H3/t27-/m0/s1. The molecular weight excluding hydrogens is 488 g/mol. The van der Waals surface area contributed by atoms with Gasteiger partial charge in [0.2, 0.25) is 0 Å². The van der Waals surface area contributed by atoms with Crippen LogP contribution in [0.3, 0.4) is 0 Å². The number of para-hydroxylation sites is 2. The molecule has 0 amide bonds. The third kappa shape index (κ3) is 6.50. The van der Waals surface area contributed by atoms with Gasteiger partial charge in [0.25, 0.3) is 0 Å². The van der Waals surface area contributed by atoms with Gasteiger partial charge in [0, 0.05) is 53.7 Å². The highest BCUT2D eigenvalue weighted by Gasteiger charge is 2.17. The lowest BCUT2D eigenvalue weighted by molar-refractivity contribution is 0.0921. The van der Waals surface area contributed by atoms with E-state index >= 15 is 0 Å². The van der Waals surface area contributed by atoms with Gasteiger partial charge in [0.1, 0.15) is 12.4 Å². The first-order valence-corrected chi connectivity index (χ1v) is 13.7. The number of benzene rings is 3. The maximum Gasteiger partial charge on any atom is 0.119 e. The molecule has 0 aliphatic heterocycles. The number of aliphatic hydroxyl groups is 2. The summed E-state index contributed by atoms with van der Waals surface area (Å²) in [6.07, 6.45) is 0.107. The molecule has 0 radical (unpaired) electrons.